The van der Waals surface area contributed by atoms with E-state index in [2.05, 4.69) is 37.2 Å². The van der Waals surface area contributed by atoms with Gasteiger partial charge in [0.25, 0.3) is 11.8 Å². The molecule has 1 heterocycles. The maximum absolute atomic E-state index is 12.1. The van der Waals surface area contributed by atoms with Crippen LogP contribution in [0.3, 0.4) is 0 Å². The summed E-state index contributed by atoms with van der Waals surface area (Å²) < 4.78 is 1.57. The molecule has 0 bridgehead atoms. The molecule has 0 aliphatic carbocycles. The number of halogens is 2. The summed E-state index contributed by atoms with van der Waals surface area (Å²) in [5.41, 5.74) is 6.01. The lowest BCUT2D eigenvalue weighted by atomic mass is 10.2. The minimum atomic E-state index is -0.563. The number of hydrogen-bond acceptors (Lipinski definition) is 3. The van der Waals surface area contributed by atoms with Gasteiger partial charge in [0.05, 0.1) is 5.56 Å². The molecule has 0 radical (unpaired) electrons. The molecule has 0 unspecified atom stereocenters. The zero-order valence-electron chi connectivity index (χ0n) is 9.44. The lowest BCUT2D eigenvalue weighted by Gasteiger charge is -2.05. The molecule has 2 aromatic rings. The molecular formula is C12H8Br2N2O2S. The van der Waals surface area contributed by atoms with Crippen LogP contribution in [0.5, 0.6) is 0 Å². The summed E-state index contributed by atoms with van der Waals surface area (Å²) in [5.74, 6) is -0.862. The van der Waals surface area contributed by atoms with E-state index < -0.39 is 5.91 Å². The summed E-state index contributed by atoms with van der Waals surface area (Å²) in [5, 5.41) is 4.83. The molecule has 98 valence electrons. The van der Waals surface area contributed by atoms with Crippen LogP contribution in [0.1, 0.15) is 20.7 Å². The van der Waals surface area contributed by atoms with E-state index in [1.165, 1.54) is 11.3 Å². The first kappa shape index (κ1) is 14.2. The van der Waals surface area contributed by atoms with Crippen LogP contribution in [0.2, 0.25) is 0 Å². The van der Waals surface area contributed by atoms with E-state index in [1.54, 1.807) is 23.6 Å². The molecular weight excluding hydrogens is 396 g/mol. The predicted octanol–water partition coefficient (Wildman–Crippen LogP) is 3.62. The fraction of sp³-hybridized carbons (Fsp3) is 0. The van der Waals surface area contributed by atoms with E-state index in [4.69, 9.17) is 5.73 Å². The largest absolute Gasteiger partial charge is 0.366 e. The fourth-order valence-corrected chi connectivity index (χ4v) is 3.54. The SMILES string of the molecule is NC(=O)c1ccsc1NC(=O)c1cc(Br)cc(Br)c1. The normalized spacial score (nSPS) is 10.2. The van der Waals surface area contributed by atoms with E-state index in [1.807, 2.05) is 6.07 Å². The number of hydrogen-bond donors (Lipinski definition) is 2. The summed E-state index contributed by atoms with van der Waals surface area (Å²) in [6, 6.07) is 6.80. The summed E-state index contributed by atoms with van der Waals surface area (Å²) >= 11 is 7.88. The van der Waals surface area contributed by atoms with Crippen LogP contribution in [0, 0.1) is 0 Å². The predicted molar refractivity (Wildman–Crippen MR) is 82.6 cm³/mol. The Labute approximate surface area is 130 Å². The van der Waals surface area contributed by atoms with Crippen molar-refractivity contribution >= 4 is 60.0 Å². The van der Waals surface area contributed by atoms with Crippen molar-refractivity contribution in [2.24, 2.45) is 5.73 Å². The number of carbonyl (C=O) groups is 2. The second-order valence-corrected chi connectivity index (χ2v) is 6.39. The van der Waals surface area contributed by atoms with Crippen molar-refractivity contribution in [2.75, 3.05) is 5.32 Å². The third-order valence-electron chi connectivity index (χ3n) is 2.28. The molecule has 4 nitrogen and oxygen atoms in total. The van der Waals surface area contributed by atoms with Gasteiger partial charge in [-0.15, -0.1) is 11.3 Å². The first-order valence-electron chi connectivity index (χ1n) is 5.12. The lowest BCUT2D eigenvalue weighted by molar-refractivity contribution is 0.100. The van der Waals surface area contributed by atoms with Crippen LogP contribution in [0.25, 0.3) is 0 Å². The Morgan fingerprint density at radius 2 is 1.79 bits per heavy atom. The van der Waals surface area contributed by atoms with Crippen molar-refractivity contribution in [3.05, 3.63) is 49.7 Å². The molecule has 1 aromatic carbocycles. The van der Waals surface area contributed by atoms with E-state index in [-0.39, 0.29) is 5.91 Å². The van der Waals surface area contributed by atoms with Gasteiger partial charge in [0.2, 0.25) is 0 Å². The number of rotatable bonds is 3. The summed E-state index contributed by atoms with van der Waals surface area (Å²) in [7, 11) is 0. The van der Waals surface area contributed by atoms with Crippen LogP contribution in [-0.4, -0.2) is 11.8 Å². The van der Waals surface area contributed by atoms with Crippen molar-refractivity contribution in [1.29, 1.82) is 0 Å². The van der Waals surface area contributed by atoms with Crippen LogP contribution in [0.15, 0.2) is 38.6 Å². The van der Waals surface area contributed by atoms with E-state index >= 15 is 0 Å². The fourth-order valence-electron chi connectivity index (χ4n) is 1.46. The number of primary amides is 1. The number of nitrogens with two attached hydrogens (primary N) is 1. The van der Waals surface area contributed by atoms with Crippen molar-refractivity contribution < 1.29 is 9.59 Å². The van der Waals surface area contributed by atoms with Crippen molar-refractivity contribution in [2.45, 2.75) is 0 Å². The highest BCUT2D eigenvalue weighted by Crippen LogP contribution is 2.25. The van der Waals surface area contributed by atoms with Gasteiger partial charge in [0.15, 0.2) is 0 Å². The maximum Gasteiger partial charge on any atom is 0.256 e. The average molecular weight is 404 g/mol. The molecule has 1 aromatic heterocycles. The molecule has 3 N–H and O–H groups in total. The Bertz CT molecular complexity index is 635. The second-order valence-electron chi connectivity index (χ2n) is 3.64. The average Bonchev–Trinajstić information content (AvgIpc) is 2.75. The molecule has 0 spiro atoms. The van der Waals surface area contributed by atoms with Gasteiger partial charge in [0.1, 0.15) is 5.00 Å². The van der Waals surface area contributed by atoms with Gasteiger partial charge in [0, 0.05) is 14.5 Å². The molecule has 19 heavy (non-hydrogen) atoms. The molecule has 7 heteroatoms. The third kappa shape index (κ3) is 3.43. The highest BCUT2D eigenvalue weighted by Gasteiger charge is 2.14. The van der Waals surface area contributed by atoms with Gasteiger partial charge in [-0.3, -0.25) is 9.59 Å². The number of amides is 2. The Hall–Kier alpha value is -1.18. The number of thiophene rings is 1. The smallest absolute Gasteiger partial charge is 0.256 e. The maximum atomic E-state index is 12.1. The highest BCUT2D eigenvalue weighted by molar-refractivity contribution is 9.11. The van der Waals surface area contributed by atoms with Gasteiger partial charge >= 0.3 is 0 Å². The van der Waals surface area contributed by atoms with Crippen LogP contribution in [-0.2, 0) is 0 Å². The number of anilines is 1. The first-order chi connectivity index (χ1) is 8.97. The van der Waals surface area contributed by atoms with Gasteiger partial charge in [-0.05, 0) is 29.6 Å². The van der Waals surface area contributed by atoms with E-state index in [0.717, 1.165) is 8.95 Å². The van der Waals surface area contributed by atoms with Gasteiger partial charge in [-0.2, -0.15) is 0 Å². The second kappa shape index (κ2) is 5.85. The monoisotopic (exact) mass is 402 g/mol. The third-order valence-corrected chi connectivity index (χ3v) is 4.03. The molecule has 0 aliphatic rings. The molecule has 0 saturated carbocycles. The minimum Gasteiger partial charge on any atom is -0.366 e. The zero-order chi connectivity index (χ0) is 14.0. The van der Waals surface area contributed by atoms with E-state index in [9.17, 15) is 9.59 Å². The molecule has 0 saturated heterocycles. The Morgan fingerprint density at radius 3 is 2.37 bits per heavy atom. The quantitative estimate of drug-likeness (QED) is 0.821. The van der Waals surface area contributed by atoms with Crippen LogP contribution in [0.4, 0.5) is 5.00 Å². The van der Waals surface area contributed by atoms with Gasteiger partial charge in [-0.25, -0.2) is 0 Å². The minimum absolute atomic E-state index is 0.299. The Morgan fingerprint density at radius 1 is 1.16 bits per heavy atom. The van der Waals surface area contributed by atoms with Crippen molar-refractivity contribution in [3.63, 3.8) is 0 Å². The topological polar surface area (TPSA) is 72.2 Å². The Balaban J connectivity index is 2.25. The van der Waals surface area contributed by atoms with Crippen molar-refractivity contribution in [1.82, 2.24) is 0 Å². The van der Waals surface area contributed by atoms with Gasteiger partial charge < -0.3 is 11.1 Å². The number of nitrogens with one attached hydrogen (secondary N) is 1. The lowest BCUT2D eigenvalue weighted by Crippen LogP contribution is -2.16. The molecule has 2 amide bonds. The highest BCUT2D eigenvalue weighted by atomic mass is 79.9. The molecule has 0 atom stereocenters. The summed E-state index contributed by atoms with van der Waals surface area (Å²) in [6.45, 7) is 0. The molecule has 0 fully saturated rings. The van der Waals surface area contributed by atoms with E-state index in [0.29, 0.717) is 16.1 Å². The Kier molecular flexibility index (Phi) is 4.38. The molecule has 0 aliphatic heterocycles. The van der Waals surface area contributed by atoms with Crippen molar-refractivity contribution in [3.8, 4) is 0 Å². The standard InChI is InChI=1S/C12H8Br2N2O2S/c13-7-3-6(4-8(14)5-7)11(18)16-12-9(10(15)17)1-2-19-12/h1-5H,(H2,15,17)(H,16,18). The van der Waals surface area contributed by atoms with Gasteiger partial charge in [-0.1, -0.05) is 31.9 Å². The first-order valence-corrected chi connectivity index (χ1v) is 7.58. The zero-order valence-corrected chi connectivity index (χ0v) is 13.4. The van der Waals surface area contributed by atoms with Crippen LogP contribution < -0.4 is 11.1 Å². The molecule has 2 rings (SSSR count). The number of benzene rings is 1. The summed E-state index contributed by atoms with van der Waals surface area (Å²) in [6.07, 6.45) is 0. The van der Waals surface area contributed by atoms with Crippen LogP contribution >= 0.6 is 43.2 Å². The number of carbonyl (C=O) groups excluding carboxylic acids is 2. The summed E-state index contributed by atoms with van der Waals surface area (Å²) in [4.78, 5) is 23.3.